The summed E-state index contributed by atoms with van der Waals surface area (Å²) in [4.78, 5) is 132. The van der Waals surface area contributed by atoms with E-state index in [0.717, 1.165) is 79.4 Å². The van der Waals surface area contributed by atoms with Crippen LogP contribution in [0.2, 0.25) is 0 Å². The quantitative estimate of drug-likeness (QED) is 0.0151. The van der Waals surface area contributed by atoms with Crippen LogP contribution in [0.1, 0.15) is 69.3 Å². The van der Waals surface area contributed by atoms with E-state index >= 15 is 0 Å². The van der Waals surface area contributed by atoms with Crippen LogP contribution in [0, 0.1) is 22.2 Å². The number of rotatable bonds is 15. The summed E-state index contributed by atoms with van der Waals surface area (Å²) >= 11 is 12.0. The topological polar surface area (TPSA) is 558 Å². The standard InChI is InChI=1S/C20H17N3O2.C13H12IN3O.C12H8IN3.C11H8IN3O.C7H9IN4O2.C6H6IN3O2.C6H7N3O2.C5H4IN3O2/c1-24-17-9-8-14(10-18(17)25-2)16-12-22-20-19(23-16)15(11-21-20)13-6-4-3-5-7-13;1-18-8-10(9-5-3-2-4-6-9)12-13(15)16-7-11(14)17-12;13-10-7-15-12-11(16-10)9(6-14-12)8-4-2-1-3-5-8;12-8-6-14-11(13)9(15-8)10(16)7-4-2-1-3-5-7;1-12(14-2)7(13)5-6(9)10-3-4(8)11-5;1-12-6(11)4-5(8)9-2-3(7)10-4;1-11-6(10)4-5(7)9-3-2-8-4;6-2-1-8-4(7)3(9-2)5(10)11/h3-12H,1-2H3,(H,21,22);2-8H,1H3,(H2,15,16);1-7H,(H,14,15);1-6H,(H2,13,14);3H,1-2H3,(H2,9,10);2H,1H3,(H2,8,9);2-3H,1H3,(H2,7,9);1H,(H2,7,8)(H,10,11)/b;10-8+;;;;;;. The summed E-state index contributed by atoms with van der Waals surface area (Å²) in [6, 6.07) is 44.8. The molecule has 630 valence electrons. The van der Waals surface area contributed by atoms with Gasteiger partial charge in [-0.15, -0.1) is 0 Å². The number of nitrogens with zero attached hydrogens (tertiary/aromatic N) is 17. The molecule has 0 fully saturated rings. The third kappa shape index (κ3) is 27.8. The van der Waals surface area contributed by atoms with E-state index in [1.54, 1.807) is 70.4 Å². The Morgan fingerprint density at radius 3 is 1.26 bits per heavy atom. The van der Waals surface area contributed by atoms with Crippen molar-refractivity contribution < 1.29 is 57.6 Å². The lowest BCUT2D eigenvalue weighted by Gasteiger charge is -2.13. The lowest BCUT2D eigenvalue weighted by Crippen LogP contribution is -2.27. The number of ketones is 1. The van der Waals surface area contributed by atoms with E-state index in [4.69, 9.17) is 63.5 Å². The normalized spacial score (nSPS) is 10.3. The molecule has 0 spiro atoms. The number of H-pyrrole nitrogens is 2. The van der Waals surface area contributed by atoms with E-state index in [2.05, 4.69) is 164 Å². The highest BCUT2D eigenvalue weighted by Gasteiger charge is 2.21. The number of ether oxygens (including phenoxy) is 5. The van der Waals surface area contributed by atoms with Crippen molar-refractivity contribution in [3.63, 3.8) is 0 Å². The molecule has 15 N–H and O–H groups in total. The second-order valence-electron chi connectivity index (χ2n) is 23.6. The minimum Gasteiger partial charge on any atom is -0.504 e. The Balaban J connectivity index is 0.000000177. The van der Waals surface area contributed by atoms with Gasteiger partial charge in [0, 0.05) is 59.7 Å². The molecule has 10 aromatic heterocycles. The van der Waals surface area contributed by atoms with Crippen molar-refractivity contribution in [1.29, 1.82) is 0 Å². The Hall–Kier alpha value is -12.4. The van der Waals surface area contributed by atoms with Gasteiger partial charge in [-0.2, -0.15) is 0 Å². The number of aromatic amines is 2. The van der Waals surface area contributed by atoms with E-state index in [-0.39, 0.29) is 63.3 Å². The molecule has 15 aromatic rings. The predicted octanol–water partition coefficient (Wildman–Crippen LogP) is 13.1. The maximum Gasteiger partial charge on any atom is 0.360 e. The van der Waals surface area contributed by atoms with Crippen molar-refractivity contribution in [1.82, 2.24) is 94.8 Å². The molecule has 37 nitrogen and oxygen atoms in total. The first-order chi connectivity index (χ1) is 59.1. The maximum atomic E-state index is 12.0. The molecular weight excluding hydrogens is 2260 g/mol. The van der Waals surface area contributed by atoms with Gasteiger partial charge in [0.15, 0.2) is 80.4 Å². The Bertz CT molecular complexity index is 6160. The van der Waals surface area contributed by atoms with Crippen molar-refractivity contribution >= 4 is 228 Å². The zero-order chi connectivity index (χ0) is 89.2. The number of carbonyl (C=O) groups is 5. The van der Waals surface area contributed by atoms with Crippen LogP contribution in [-0.4, -0.2) is 179 Å². The zero-order valence-corrected chi connectivity index (χ0v) is 78.4. The summed E-state index contributed by atoms with van der Waals surface area (Å²) in [5.41, 5.74) is 45.7. The lowest BCUT2D eigenvalue weighted by atomic mass is 10.0. The minimum absolute atomic E-state index is 0.0509. The number of methoxy groups -OCH3 is 5. The average molecular weight is 2340 g/mol. The number of esters is 2. The van der Waals surface area contributed by atoms with Crippen LogP contribution in [0.5, 0.6) is 11.5 Å². The summed E-state index contributed by atoms with van der Waals surface area (Å²) in [5, 5.41) is 9.54. The predicted molar refractivity (Wildman–Crippen MR) is 511 cm³/mol. The number of hydrogen-bond acceptors (Lipinski definition) is 33. The molecule has 0 aliphatic heterocycles. The third-order valence-electron chi connectivity index (χ3n) is 15.7. The van der Waals surface area contributed by atoms with Gasteiger partial charge in [-0.25, -0.2) is 99.2 Å². The Morgan fingerprint density at radius 1 is 0.398 bits per heavy atom. The van der Waals surface area contributed by atoms with E-state index in [9.17, 15) is 24.0 Å². The number of nitrogens with two attached hydrogens (primary N) is 6. The highest BCUT2D eigenvalue weighted by atomic mass is 127. The number of anilines is 6. The van der Waals surface area contributed by atoms with Gasteiger partial charge in [0.05, 0.1) is 98.0 Å². The molecule has 15 rings (SSSR count). The van der Waals surface area contributed by atoms with Gasteiger partial charge in [0.2, 0.25) is 5.78 Å². The van der Waals surface area contributed by atoms with Gasteiger partial charge in [-0.05, 0) is 170 Å². The summed E-state index contributed by atoms with van der Waals surface area (Å²) in [7, 11) is 10.2. The molecule has 1 amide bonds. The minimum atomic E-state index is -1.16. The summed E-state index contributed by atoms with van der Waals surface area (Å²) in [6.45, 7) is 0. The Labute approximate surface area is 782 Å². The number of carboxylic acids is 1. The van der Waals surface area contributed by atoms with Crippen LogP contribution in [0.4, 0.5) is 34.9 Å². The molecule has 43 heteroatoms. The van der Waals surface area contributed by atoms with Gasteiger partial charge in [-0.1, -0.05) is 121 Å². The van der Waals surface area contributed by atoms with Gasteiger partial charge in [-0.3, -0.25) is 14.4 Å². The van der Waals surface area contributed by atoms with Crippen LogP contribution < -0.4 is 43.9 Å². The van der Waals surface area contributed by atoms with Crippen molar-refractivity contribution in [3.8, 4) is 45.0 Å². The SMILES string of the molecule is CO/C=C(\c1ccccc1)c1nc(I)cnc1N.COC(=O)c1nc(I)cnc1N.COC(=O)c1nccnc1N.CON(C)C(=O)c1nc(I)cnc1N.COc1ccc(-c2cnc3[nH]cc(-c4ccccc4)c3n2)cc1OC.Ic1cnc2[nH]cc(-c3ccccc3)c2n1.Nc1ncc(I)nc1C(=O)O.Nc1ncc(I)nc1C(=O)c1ccccc1. The Morgan fingerprint density at radius 2 is 0.789 bits per heavy atom. The molecule has 0 unspecified atom stereocenters. The highest BCUT2D eigenvalue weighted by Crippen LogP contribution is 2.34. The molecule has 10 heterocycles. The van der Waals surface area contributed by atoms with Gasteiger partial charge in [0.1, 0.15) is 44.7 Å². The van der Waals surface area contributed by atoms with Gasteiger partial charge < -0.3 is 73.2 Å². The molecule has 0 saturated carbocycles. The van der Waals surface area contributed by atoms with E-state index in [1.807, 2.05) is 194 Å². The molecule has 0 bridgehead atoms. The van der Waals surface area contributed by atoms with Crippen molar-refractivity contribution in [2.45, 2.75) is 0 Å². The second-order valence-corrected chi connectivity index (χ2v) is 30.2. The van der Waals surface area contributed by atoms with Crippen molar-refractivity contribution in [2.24, 2.45) is 0 Å². The molecule has 0 aliphatic rings. The van der Waals surface area contributed by atoms with E-state index in [0.29, 0.717) is 43.4 Å². The van der Waals surface area contributed by atoms with Crippen LogP contribution >= 0.6 is 136 Å². The number of halogens is 6. The number of aromatic carboxylic acids is 1. The molecule has 0 atom stereocenters. The monoisotopic (exact) mass is 2330 g/mol. The van der Waals surface area contributed by atoms with Gasteiger partial charge in [0.25, 0.3) is 5.91 Å². The summed E-state index contributed by atoms with van der Waals surface area (Å²) in [6.07, 6.45) is 19.4. The zero-order valence-electron chi connectivity index (χ0n) is 65.5. The smallest absolute Gasteiger partial charge is 0.360 e. The van der Waals surface area contributed by atoms with Crippen molar-refractivity contribution in [3.05, 3.63) is 281 Å². The summed E-state index contributed by atoms with van der Waals surface area (Å²) < 4.78 is 28.7. The van der Waals surface area contributed by atoms with Crippen LogP contribution in [0.15, 0.2) is 214 Å². The number of carboxylic acid groups (broad SMARTS) is 1. The number of aromatic nitrogens is 18. The number of amides is 1. The van der Waals surface area contributed by atoms with E-state index < -0.39 is 23.8 Å². The fourth-order valence-electron chi connectivity index (χ4n) is 9.94. The Kier molecular flexibility index (Phi) is 37.8. The average Bonchev–Trinajstić information content (AvgIpc) is 1.66. The van der Waals surface area contributed by atoms with Crippen LogP contribution in [-0.2, 0) is 19.0 Å². The number of benzene rings is 5. The lowest BCUT2D eigenvalue weighted by molar-refractivity contribution is -0.0760. The molecule has 123 heavy (non-hydrogen) atoms. The number of hydroxylamine groups is 2. The molecular formula is C80H71I6N25O12. The number of nitrogens with one attached hydrogen (secondary N) is 2. The molecule has 5 aromatic carbocycles. The first-order valence-electron chi connectivity index (χ1n) is 34.9. The number of nitrogen functional groups attached to an aromatic ring is 6. The number of carbonyl (C=O) groups excluding carboxylic acids is 4. The fourth-order valence-corrected chi connectivity index (χ4v) is 12.2. The van der Waals surface area contributed by atoms with Crippen molar-refractivity contribution in [2.75, 3.05) is 84.1 Å². The van der Waals surface area contributed by atoms with Crippen LogP contribution in [0.25, 0.3) is 61.4 Å². The first kappa shape index (κ1) is 96.1. The molecule has 0 saturated heterocycles. The fraction of sp³-hybridized carbons (Fsp3) is 0.0875. The first-order valence-corrected chi connectivity index (χ1v) is 41.3. The van der Waals surface area contributed by atoms with Crippen LogP contribution in [0.3, 0.4) is 0 Å². The van der Waals surface area contributed by atoms with Gasteiger partial charge >= 0.3 is 17.9 Å². The largest absolute Gasteiger partial charge is 0.504 e. The molecule has 0 aliphatic carbocycles. The summed E-state index contributed by atoms with van der Waals surface area (Å²) in [5.74, 6) is -0.815. The number of fused-ring (bicyclic) bond motifs is 2. The second kappa shape index (κ2) is 48.3. The highest BCUT2D eigenvalue weighted by molar-refractivity contribution is 14.1. The number of hydrogen-bond donors (Lipinski definition) is 9. The third-order valence-corrected chi connectivity index (χ3v) is 18.8. The van der Waals surface area contributed by atoms with E-state index in [1.165, 1.54) is 65.6 Å². The maximum absolute atomic E-state index is 12.0. The molecule has 0 radical (unpaired) electrons.